The predicted molar refractivity (Wildman–Crippen MR) is 71.0 cm³/mol. The number of rotatable bonds is 4. The largest absolute Gasteiger partial charge is 0.389 e. The summed E-state index contributed by atoms with van der Waals surface area (Å²) in [7, 11) is 1.61. The lowest BCUT2D eigenvalue weighted by molar-refractivity contribution is -0.136. The van der Waals surface area contributed by atoms with Gasteiger partial charge in [0.05, 0.1) is 0 Å². The molecule has 0 aliphatic carbocycles. The van der Waals surface area contributed by atoms with Crippen LogP contribution in [-0.4, -0.2) is 13.2 Å². The van der Waals surface area contributed by atoms with Gasteiger partial charge in [-0.25, -0.2) is 4.39 Å². The van der Waals surface area contributed by atoms with Crippen LogP contribution in [0, 0.1) is 5.82 Å². The summed E-state index contributed by atoms with van der Waals surface area (Å²) in [5.41, 5.74) is 0.689. The van der Waals surface area contributed by atoms with E-state index in [2.05, 4.69) is 5.32 Å². The summed E-state index contributed by atoms with van der Waals surface area (Å²) in [6.07, 6.45) is -5.13. The minimum absolute atomic E-state index is 0.0738. The Morgan fingerprint density at radius 2 is 1.70 bits per heavy atom. The quantitative estimate of drug-likeness (QED) is 0.811. The highest BCUT2D eigenvalue weighted by Crippen LogP contribution is 2.31. The lowest BCUT2D eigenvalue weighted by Crippen LogP contribution is -2.20. The first kappa shape index (κ1) is 14.8. The van der Waals surface area contributed by atoms with E-state index < -0.39 is 18.6 Å². The highest BCUT2D eigenvalue weighted by Gasteiger charge is 2.28. The van der Waals surface area contributed by atoms with Crippen LogP contribution in [0.25, 0.3) is 10.8 Å². The van der Waals surface area contributed by atoms with Crippen LogP contribution in [0.1, 0.15) is 24.4 Å². The van der Waals surface area contributed by atoms with Gasteiger partial charge in [-0.1, -0.05) is 30.3 Å². The molecule has 2 rings (SSSR count). The maximum absolute atomic E-state index is 13.7. The molecule has 1 unspecified atom stereocenters. The molecule has 0 aromatic heterocycles. The van der Waals surface area contributed by atoms with Gasteiger partial charge in [0.2, 0.25) is 0 Å². The molecular weight excluding hydrogens is 270 g/mol. The maximum Gasteiger partial charge on any atom is 0.389 e. The number of nitrogens with one attached hydrogen (secondary N) is 1. The Hall–Kier alpha value is -1.62. The lowest BCUT2D eigenvalue weighted by Gasteiger charge is -2.19. The van der Waals surface area contributed by atoms with E-state index in [0.717, 1.165) is 0 Å². The molecule has 20 heavy (non-hydrogen) atoms. The highest BCUT2D eigenvalue weighted by atomic mass is 19.4. The van der Waals surface area contributed by atoms with Gasteiger partial charge in [0.1, 0.15) is 5.82 Å². The minimum Gasteiger partial charge on any atom is -0.313 e. The second kappa shape index (κ2) is 5.79. The molecule has 0 saturated carbocycles. The number of benzene rings is 2. The standard InChI is InChI=1S/C15H15F4N/c1-20-14(8-9-15(17,18)19)12-6-7-13(16)11-5-3-2-4-10(11)12/h2-7,14,20H,8-9H2,1H3. The van der Waals surface area contributed by atoms with Crippen LogP contribution >= 0.6 is 0 Å². The van der Waals surface area contributed by atoms with Crippen molar-refractivity contribution in [2.75, 3.05) is 7.05 Å². The maximum atomic E-state index is 13.7. The van der Waals surface area contributed by atoms with Gasteiger partial charge < -0.3 is 5.32 Å². The van der Waals surface area contributed by atoms with Crippen molar-refractivity contribution in [3.05, 3.63) is 47.8 Å². The molecule has 0 heterocycles. The third kappa shape index (κ3) is 3.28. The zero-order valence-electron chi connectivity index (χ0n) is 11.0. The van der Waals surface area contributed by atoms with Crippen molar-refractivity contribution >= 4 is 10.8 Å². The zero-order chi connectivity index (χ0) is 14.8. The van der Waals surface area contributed by atoms with Crippen molar-refractivity contribution in [2.45, 2.75) is 25.1 Å². The molecule has 0 bridgehead atoms. The fraction of sp³-hybridized carbons (Fsp3) is 0.333. The smallest absolute Gasteiger partial charge is 0.313 e. The van der Waals surface area contributed by atoms with Crippen molar-refractivity contribution in [1.29, 1.82) is 0 Å². The van der Waals surface area contributed by atoms with Gasteiger partial charge in [0, 0.05) is 17.8 Å². The molecular formula is C15H15F4N. The predicted octanol–water partition coefficient (Wildman–Crippen LogP) is 4.58. The molecule has 0 aliphatic heterocycles. The minimum atomic E-state index is -4.19. The molecule has 0 saturated heterocycles. The van der Waals surface area contributed by atoms with Crippen molar-refractivity contribution in [2.24, 2.45) is 0 Å². The molecule has 0 spiro atoms. The molecule has 1 nitrogen and oxygen atoms in total. The number of halogens is 4. The molecule has 5 heteroatoms. The van der Waals surface area contributed by atoms with E-state index in [1.54, 1.807) is 37.4 Å². The van der Waals surface area contributed by atoms with Crippen LogP contribution in [-0.2, 0) is 0 Å². The molecule has 0 amide bonds. The van der Waals surface area contributed by atoms with Crippen LogP contribution in [0.3, 0.4) is 0 Å². The van der Waals surface area contributed by atoms with Gasteiger partial charge in [-0.2, -0.15) is 13.2 Å². The first-order chi connectivity index (χ1) is 9.42. The van der Waals surface area contributed by atoms with E-state index in [1.165, 1.54) is 6.07 Å². The normalized spacial score (nSPS) is 13.7. The lowest BCUT2D eigenvalue weighted by atomic mass is 9.95. The summed E-state index contributed by atoms with van der Waals surface area (Å²) in [5, 5.41) is 3.96. The third-order valence-corrected chi connectivity index (χ3v) is 3.34. The van der Waals surface area contributed by atoms with Crippen molar-refractivity contribution < 1.29 is 17.6 Å². The third-order valence-electron chi connectivity index (χ3n) is 3.34. The van der Waals surface area contributed by atoms with Crippen molar-refractivity contribution in [1.82, 2.24) is 5.32 Å². The first-order valence-electron chi connectivity index (χ1n) is 6.33. The average Bonchev–Trinajstić information content (AvgIpc) is 2.41. The van der Waals surface area contributed by atoms with Gasteiger partial charge in [0.25, 0.3) is 0 Å². The second-order valence-electron chi connectivity index (χ2n) is 4.68. The molecule has 2 aromatic carbocycles. The molecule has 0 radical (unpaired) electrons. The van der Waals surface area contributed by atoms with Crippen LogP contribution in [0.2, 0.25) is 0 Å². The summed E-state index contributed by atoms with van der Waals surface area (Å²) in [6.45, 7) is 0. The molecule has 1 N–H and O–H groups in total. The van der Waals surface area contributed by atoms with Gasteiger partial charge in [-0.15, -0.1) is 0 Å². The Kier molecular flexibility index (Phi) is 4.28. The monoisotopic (exact) mass is 285 g/mol. The summed E-state index contributed by atoms with van der Waals surface area (Å²) >= 11 is 0. The van der Waals surface area contributed by atoms with E-state index in [1.807, 2.05) is 0 Å². The fourth-order valence-electron chi connectivity index (χ4n) is 2.35. The molecule has 0 fully saturated rings. The average molecular weight is 285 g/mol. The van der Waals surface area contributed by atoms with Gasteiger partial charge in [0.15, 0.2) is 0 Å². The number of hydrogen-bond donors (Lipinski definition) is 1. The summed E-state index contributed by atoms with van der Waals surface area (Å²) in [5.74, 6) is -0.366. The Morgan fingerprint density at radius 3 is 2.30 bits per heavy atom. The molecule has 0 aliphatic rings. The van der Waals surface area contributed by atoms with E-state index in [4.69, 9.17) is 0 Å². The number of hydrogen-bond acceptors (Lipinski definition) is 1. The summed E-state index contributed by atoms with van der Waals surface area (Å²) in [6, 6.07) is 9.21. The number of alkyl halides is 3. The molecule has 1 atom stereocenters. The Bertz CT molecular complexity index is 592. The topological polar surface area (TPSA) is 12.0 Å². The Balaban J connectivity index is 2.37. The summed E-state index contributed by atoms with van der Waals surface area (Å²) in [4.78, 5) is 0. The second-order valence-corrected chi connectivity index (χ2v) is 4.68. The van der Waals surface area contributed by atoms with E-state index in [0.29, 0.717) is 16.3 Å². The van der Waals surface area contributed by atoms with Crippen molar-refractivity contribution in [3.63, 3.8) is 0 Å². The van der Waals surface area contributed by atoms with Crippen molar-refractivity contribution in [3.8, 4) is 0 Å². The van der Waals surface area contributed by atoms with Crippen LogP contribution in [0.4, 0.5) is 17.6 Å². The van der Waals surface area contributed by atoms with E-state index >= 15 is 0 Å². The molecule has 2 aromatic rings. The number of fused-ring (bicyclic) bond motifs is 1. The van der Waals surface area contributed by atoms with Gasteiger partial charge in [-0.3, -0.25) is 0 Å². The summed E-state index contributed by atoms with van der Waals surface area (Å²) < 4.78 is 50.8. The fourth-order valence-corrected chi connectivity index (χ4v) is 2.35. The van der Waals surface area contributed by atoms with Crippen LogP contribution in [0.15, 0.2) is 36.4 Å². The van der Waals surface area contributed by atoms with Gasteiger partial charge in [-0.05, 0) is 30.5 Å². The Morgan fingerprint density at radius 1 is 1.05 bits per heavy atom. The SMILES string of the molecule is CNC(CCC(F)(F)F)c1ccc(F)c2ccccc12. The van der Waals surface area contributed by atoms with Crippen LogP contribution < -0.4 is 5.32 Å². The van der Waals surface area contributed by atoms with Gasteiger partial charge >= 0.3 is 6.18 Å². The highest BCUT2D eigenvalue weighted by molar-refractivity contribution is 5.86. The van der Waals surface area contributed by atoms with E-state index in [9.17, 15) is 17.6 Å². The molecule has 108 valence electrons. The zero-order valence-corrected chi connectivity index (χ0v) is 11.0. The van der Waals surface area contributed by atoms with Crippen LogP contribution in [0.5, 0.6) is 0 Å². The first-order valence-corrected chi connectivity index (χ1v) is 6.33. The van der Waals surface area contributed by atoms with E-state index in [-0.39, 0.29) is 12.2 Å². The Labute approximate surface area is 114 Å².